The smallest absolute Gasteiger partial charge is 0.0839 e. The molecular weight excluding hydrogens is 134 g/mol. The van der Waals surface area contributed by atoms with E-state index >= 15 is 0 Å². The van der Waals surface area contributed by atoms with Crippen molar-refractivity contribution in [3.8, 4) is 0 Å². The van der Waals surface area contributed by atoms with Gasteiger partial charge in [0.1, 0.15) is 0 Å². The molecule has 2 aliphatic rings. The molecule has 0 unspecified atom stereocenters. The minimum absolute atomic E-state index is 0.714. The van der Waals surface area contributed by atoms with Crippen molar-refractivity contribution in [2.45, 2.75) is 32.6 Å². The topological polar surface area (TPSA) is 0 Å². The number of rotatable bonds is 0. The summed E-state index contributed by atoms with van der Waals surface area (Å²) in [5.74, 6) is 0. The number of hydrogen-bond donors (Lipinski definition) is 0. The Morgan fingerprint density at radius 3 is 2.00 bits per heavy atom. The lowest BCUT2D eigenvalue weighted by Crippen LogP contribution is -2.58. The first kappa shape index (κ1) is 7.60. The Morgan fingerprint density at radius 1 is 1.09 bits per heavy atom. The second-order valence-corrected chi connectivity index (χ2v) is 5.24. The monoisotopic (exact) mass is 154 g/mol. The molecule has 0 N–H and O–H groups in total. The van der Waals surface area contributed by atoms with Crippen molar-refractivity contribution in [2.75, 3.05) is 26.7 Å². The van der Waals surface area contributed by atoms with E-state index in [2.05, 4.69) is 14.0 Å². The van der Waals surface area contributed by atoms with Crippen molar-refractivity contribution in [3.63, 3.8) is 0 Å². The van der Waals surface area contributed by atoms with Crippen molar-refractivity contribution in [1.82, 2.24) is 0 Å². The third kappa shape index (κ3) is 1.31. The van der Waals surface area contributed by atoms with E-state index in [0.29, 0.717) is 5.41 Å². The van der Waals surface area contributed by atoms with Crippen molar-refractivity contribution >= 4 is 0 Å². The van der Waals surface area contributed by atoms with Crippen LogP contribution in [0.4, 0.5) is 0 Å². The van der Waals surface area contributed by atoms with Crippen LogP contribution in [0.15, 0.2) is 0 Å². The summed E-state index contributed by atoms with van der Waals surface area (Å²) in [6, 6.07) is 0. The third-order valence-electron chi connectivity index (χ3n) is 3.72. The zero-order valence-electron chi connectivity index (χ0n) is 7.90. The second-order valence-electron chi connectivity index (χ2n) is 5.24. The summed E-state index contributed by atoms with van der Waals surface area (Å²) in [7, 11) is 2.44. The van der Waals surface area contributed by atoms with Crippen LogP contribution in [0.25, 0.3) is 0 Å². The molecule has 2 heterocycles. The Hall–Kier alpha value is -0.0400. The molecule has 0 aromatic rings. The first-order valence-corrected chi connectivity index (χ1v) is 4.96. The van der Waals surface area contributed by atoms with E-state index in [0.717, 1.165) is 0 Å². The Kier molecular flexibility index (Phi) is 1.54. The van der Waals surface area contributed by atoms with Crippen LogP contribution in [0.1, 0.15) is 32.6 Å². The molecule has 2 bridgehead atoms. The minimum atomic E-state index is 0.714. The summed E-state index contributed by atoms with van der Waals surface area (Å²) < 4.78 is 1.37. The van der Waals surface area contributed by atoms with Gasteiger partial charge in [-0.25, -0.2) is 0 Å². The Balaban J connectivity index is 2.16. The SMILES string of the molecule is CC12CCC[N+](C)(CCC1)C2. The molecule has 1 heteroatoms. The highest BCUT2D eigenvalue weighted by atomic mass is 15.3. The maximum absolute atomic E-state index is 2.49. The maximum Gasteiger partial charge on any atom is 0.0839 e. The Morgan fingerprint density at radius 2 is 1.64 bits per heavy atom. The highest BCUT2D eigenvalue weighted by Crippen LogP contribution is 2.40. The van der Waals surface area contributed by atoms with Crippen LogP contribution in [0.3, 0.4) is 0 Å². The van der Waals surface area contributed by atoms with E-state index in [1.54, 1.807) is 0 Å². The van der Waals surface area contributed by atoms with Gasteiger partial charge in [-0.3, -0.25) is 0 Å². The molecule has 1 nitrogen and oxygen atoms in total. The molecule has 64 valence electrons. The van der Waals surface area contributed by atoms with Crippen LogP contribution in [-0.2, 0) is 0 Å². The quantitative estimate of drug-likeness (QED) is 0.468. The van der Waals surface area contributed by atoms with Gasteiger partial charge in [0.05, 0.1) is 26.7 Å². The molecule has 0 aromatic carbocycles. The van der Waals surface area contributed by atoms with E-state index < -0.39 is 0 Å². The molecule has 11 heavy (non-hydrogen) atoms. The molecule has 2 rings (SSSR count). The lowest BCUT2D eigenvalue weighted by Gasteiger charge is -2.50. The normalized spacial score (nSPS) is 50.7. The fraction of sp³-hybridized carbons (Fsp3) is 1.00. The van der Waals surface area contributed by atoms with E-state index in [1.807, 2.05) is 0 Å². The van der Waals surface area contributed by atoms with Gasteiger partial charge in [0.2, 0.25) is 0 Å². The molecule has 0 amide bonds. The number of hydrogen-bond acceptors (Lipinski definition) is 0. The number of fused-ring (bicyclic) bond motifs is 2. The van der Waals surface area contributed by atoms with Gasteiger partial charge >= 0.3 is 0 Å². The van der Waals surface area contributed by atoms with Gasteiger partial charge in [0.25, 0.3) is 0 Å². The molecule has 2 aliphatic heterocycles. The van der Waals surface area contributed by atoms with Crippen LogP contribution in [0.2, 0.25) is 0 Å². The second kappa shape index (κ2) is 2.22. The van der Waals surface area contributed by atoms with Crippen molar-refractivity contribution in [3.05, 3.63) is 0 Å². The molecule has 0 spiro atoms. The highest BCUT2D eigenvalue weighted by Gasteiger charge is 2.42. The standard InChI is InChI=1S/C10H20N/c1-10-5-3-7-11(2,9-10)8-4-6-10/h3-9H2,1-2H3/q+1. The van der Waals surface area contributed by atoms with Crippen molar-refractivity contribution in [2.24, 2.45) is 5.41 Å². The summed E-state index contributed by atoms with van der Waals surface area (Å²) in [6.07, 6.45) is 5.90. The maximum atomic E-state index is 2.49. The average molecular weight is 154 g/mol. The summed E-state index contributed by atoms with van der Waals surface area (Å²) in [5.41, 5.74) is 0.714. The lowest BCUT2D eigenvalue weighted by molar-refractivity contribution is -0.927. The van der Waals surface area contributed by atoms with Crippen LogP contribution in [0, 0.1) is 5.41 Å². The van der Waals surface area contributed by atoms with E-state index in [1.165, 1.54) is 49.8 Å². The van der Waals surface area contributed by atoms with Gasteiger partial charge in [-0.1, -0.05) is 6.92 Å². The first-order chi connectivity index (χ1) is 5.12. The molecule has 0 radical (unpaired) electrons. The predicted octanol–water partition coefficient (Wildman–Crippen LogP) is 2.03. The predicted molar refractivity (Wildman–Crippen MR) is 47.4 cm³/mol. The zero-order chi connectivity index (χ0) is 7.95. The highest BCUT2D eigenvalue weighted by molar-refractivity contribution is 4.80. The fourth-order valence-corrected chi connectivity index (χ4v) is 3.25. The van der Waals surface area contributed by atoms with Crippen molar-refractivity contribution in [1.29, 1.82) is 0 Å². The fourth-order valence-electron chi connectivity index (χ4n) is 3.25. The van der Waals surface area contributed by atoms with Gasteiger partial charge in [-0.05, 0) is 25.7 Å². The van der Waals surface area contributed by atoms with Gasteiger partial charge in [-0.15, -0.1) is 0 Å². The van der Waals surface area contributed by atoms with E-state index in [-0.39, 0.29) is 0 Å². The Labute approximate surface area is 70.0 Å². The van der Waals surface area contributed by atoms with E-state index in [4.69, 9.17) is 0 Å². The summed E-state index contributed by atoms with van der Waals surface area (Å²) in [4.78, 5) is 0. The first-order valence-electron chi connectivity index (χ1n) is 4.96. The molecular formula is C10H20N+. The van der Waals surface area contributed by atoms with Crippen molar-refractivity contribution < 1.29 is 4.48 Å². The van der Waals surface area contributed by atoms with Gasteiger partial charge < -0.3 is 4.48 Å². The Bertz CT molecular complexity index is 136. The van der Waals surface area contributed by atoms with Gasteiger partial charge in [-0.2, -0.15) is 0 Å². The van der Waals surface area contributed by atoms with E-state index in [9.17, 15) is 0 Å². The van der Waals surface area contributed by atoms with Crippen LogP contribution >= 0.6 is 0 Å². The lowest BCUT2D eigenvalue weighted by atomic mass is 9.74. The number of nitrogens with zero attached hydrogens (tertiary/aromatic N) is 1. The van der Waals surface area contributed by atoms with Crippen LogP contribution in [0.5, 0.6) is 0 Å². The molecule has 0 saturated carbocycles. The van der Waals surface area contributed by atoms with Crippen LogP contribution in [-0.4, -0.2) is 31.2 Å². The number of piperidine rings is 2. The van der Waals surface area contributed by atoms with Gasteiger partial charge in [0.15, 0.2) is 0 Å². The molecule has 0 aliphatic carbocycles. The van der Waals surface area contributed by atoms with Gasteiger partial charge in [0, 0.05) is 5.41 Å². The molecule has 0 atom stereocenters. The summed E-state index contributed by atoms with van der Waals surface area (Å²) >= 11 is 0. The molecule has 2 saturated heterocycles. The average Bonchev–Trinajstić information content (AvgIpc) is 1.83. The summed E-state index contributed by atoms with van der Waals surface area (Å²) in [5, 5.41) is 0. The summed E-state index contributed by atoms with van der Waals surface area (Å²) in [6.45, 7) is 6.82. The largest absolute Gasteiger partial charge is 0.326 e. The third-order valence-corrected chi connectivity index (χ3v) is 3.72. The molecule has 0 aromatic heterocycles. The number of quaternary nitrogens is 1. The van der Waals surface area contributed by atoms with Crippen LogP contribution < -0.4 is 0 Å². The zero-order valence-corrected chi connectivity index (χ0v) is 7.90. The minimum Gasteiger partial charge on any atom is -0.326 e. The molecule has 2 fully saturated rings.